The van der Waals surface area contributed by atoms with Gasteiger partial charge in [-0.25, -0.2) is 4.79 Å². The maximum Gasteiger partial charge on any atom is 0.352 e. The number of rotatable bonds is 5. The van der Waals surface area contributed by atoms with Crippen molar-refractivity contribution in [3.05, 3.63) is 81.5 Å². The Kier molecular flexibility index (Phi) is 4.83. The van der Waals surface area contributed by atoms with Gasteiger partial charge in [0, 0.05) is 17.7 Å². The van der Waals surface area contributed by atoms with Crippen LogP contribution in [-0.2, 0) is 4.79 Å². The molecule has 0 heterocycles. The number of aliphatic carboxylic acids is 1. The molecular formula is C16H12N2O5. The van der Waals surface area contributed by atoms with Crippen molar-refractivity contribution in [2.24, 2.45) is 0 Å². The van der Waals surface area contributed by atoms with Gasteiger partial charge in [0.15, 0.2) is 0 Å². The number of nitrogens with one attached hydrogen (secondary N) is 1. The molecule has 0 saturated carbocycles. The van der Waals surface area contributed by atoms with Crippen LogP contribution in [0.4, 0.5) is 5.69 Å². The topological polar surface area (TPSA) is 110 Å². The lowest BCUT2D eigenvalue weighted by molar-refractivity contribution is -0.384. The third-order valence-electron chi connectivity index (χ3n) is 2.93. The van der Waals surface area contributed by atoms with Crippen molar-refractivity contribution in [1.29, 1.82) is 0 Å². The fourth-order valence-electron chi connectivity index (χ4n) is 1.80. The number of amides is 1. The van der Waals surface area contributed by atoms with Crippen LogP contribution >= 0.6 is 0 Å². The van der Waals surface area contributed by atoms with E-state index in [0.29, 0.717) is 5.56 Å². The molecule has 0 aliphatic carbocycles. The number of nitro groups is 1. The molecular weight excluding hydrogens is 300 g/mol. The van der Waals surface area contributed by atoms with E-state index < -0.39 is 16.8 Å². The molecule has 2 aromatic carbocycles. The first kappa shape index (κ1) is 15.9. The van der Waals surface area contributed by atoms with Gasteiger partial charge < -0.3 is 10.4 Å². The number of carbonyl (C=O) groups is 2. The van der Waals surface area contributed by atoms with Gasteiger partial charge in [-0.2, -0.15) is 0 Å². The first-order valence-corrected chi connectivity index (χ1v) is 6.53. The van der Waals surface area contributed by atoms with Gasteiger partial charge in [-0.15, -0.1) is 0 Å². The number of benzene rings is 2. The second kappa shape index (κ2) is 6.99. The number of carbonyl (C=O) groups excluding carboxylic acids is 1. The molecule has 0 aliphatic rings. The highest BCUT2D eigenvalue weighted by Gasteiger charge is 2.14. The Bertz CT molecular complexity index is 767. The smallest absolute Gasteiger partial charge is 0.352 e. The van der Waals surface area contributed by atoms with Gasteiger partial charge in [-0.3, -0.25) is 14.9 Å². The molecule has 2 rings (SSSR count). The second-order valence-electron chi connectivity index (χ2n) is 4.53. The number of non-ortho nitro benzene ring substituents is 1. The van der Waals surface area contributed by atoms with Crippen LogP contribution in [0.15, 0.2) is 60.3 Å². The third-order valence-corrected chi connectivity index (χ3v) is 2.93. The highest BCUT2D eigenvalue weighted by atomic mass is 16.6. The summed E-state index contributed by atoms with van der Waals surface area (Å²) in [5.74, 6) is -1.95. The van der Waals surface area contributed by atoms with Crippen LogP contribution < -0.4 is 5.32 Å². The first-order chi connectivity index (χ1) is 11.0. The van der Waals surface area contributed by atoms with Crippen molar-refractivity contribution >= 4 is 23.6 Å². The van der Waals surface area contributed by atoms with Crippen molar-refractivity contribution in [1.82, 2.24) is 5.32 Å². The van der Waals surface area contributed by atoms with Gasteiger partial charge in [0.05, 0.1) is 4.92 Å². The Morgan fingerprint density at radius 3 is 2.17 bits per heavy atom. The molecule has 0 saturated heterocycles. The van der Waals surface area contributed by atoms with Crippen LogP contribution in [0, 0.1) is 10.1 Å². The van der Waals surface area contributed by atoms with Gasteiger partial charge in [0.1, 0.15) is 5.70 Å². The molecule has 0 atom stereocenters. The van der Waals surface area contributed by atoms with Gasteiger partial charge >= 0.3 is 5.97 Å². The Labute approximate surface area is 131 Å². The Morgan fingerprint density at radius 2 is 1.65 bits per heavy atom. The predicted molar refractivity (Wildman–Crippen MR) is 82.6 cm³/mol. The molecule has 23 heavy (non-hydrogen) atoms. The van der Waals surface area contributed by atoms with Crippen LogP contribution in [0.25, 0.3) is 6.08 Å². The van der Waals surface area contributed by atoms with Crippen LogP contribution in [0.5, 0.6) is 0 Å². The highest BCUT2D eigenvalue weighted by molar-refractivity contribution is 6.02. The maximum atomic E-state index is 12.0. The molecule has 7 heteroatoms. The first-order valence-electron chi connectivity index (χ1n) is 6.53. The fourth-order valence-corrected chi connectivity index (χ4v) is 1.80. The number of carboxylic acid groups (broad SMARTS) is 1. The summed E-state index contributed by atoms with van der Waals surface area (Å²) in [6, 6.07) is 13.5. The van der Waals surface area contributed by atoms with Gasteiger partial charge in [0.25, 0.3) is 11.6 Å². The summed E-state index contributed by atoms with van der Waals surface area (Å²) in [7, 11) is 0. The van der Waals surface area contributed by atoms with Crippen LogP contribution in [-0.4, -0.2) is 21.9 Å². The summed E-state index contributed by atoms with van der Waals surface area (Å²) in [5.41, 5.74) is 0.295. The summed E-state index contributed by atoms with van der Waals surface area (Å²) in [6.45, 7) is 0. The van der Waals surface area contributed by atoms with Gasteiger partial charge in [-0.1, -0.05) is 30.3 Å². The van der Waals surface area contributed by atoms with E-state index in [4.69, 9.17) is 0 Å². The lowest BCUT2D eigenvalue weighted by atomic mass is 10.1. The second-order valence-corrected chi connectivity index (χ2v) is 4.53. The molecule has 0 aromatic heterocycles. The molecule has 0 spiro atoms. The zero-order valence-electron chi connectivity index (χ0n) is 11.8. The van der Waals surface area contributed by atoms with Gasteiger partial charge in [0.2, 0.25) is 0 Å². The number of hydrogen-bond donors (Lipinski definition) is 2. The van der Waals surface area contributed by atoms with E-state index in [-0.39, 0.29) is 16.9 Å². The molecule has 0 aliphatic heterocycles. The van der Waals surface area contributed by atoms with Crippen molar-refractivity contribution in [3.63, 3.8) is 0 Å². The standard InChI is InChI=1S/C16H12N2O5/c19-15(12-6-8-13(9-7-12)18(22)23)17-14(16(20)21)10-11-4-2-1-3-5-11/h1-10H,(H,17,19)(H,20,21)/b14-10+. The summed E-state index contributed by atoms with van der Waals surface area (Å²) in [5, 5.41) is 22.0. The molecule has 2 aromatic rings. The van der Waals surface area contributed by atoms with E-state index in [1.165, 1.54) is 30.3 Å². The van der Waals surface area contributed by atoms with Crippen LogP contribution in [0.3, 0.4) is 0 Å². The summed E-state index contributed by atoms with van der Waals surface area (Å²) < 4.78 is 0. The number of nitrogens with zero attached hydrogens (tertiary/aromatic N) is 1. The molecule has 0 bridgehead atoms. The molecule has 0 fully saturated rings. The van der Waals surface area contributed by atoms with E-state index in [1.807, 2.05) is 0 Å². The lowest BCUT2D eigenvalue weighted by Crippen LogP contribution is -2.27. The van der Waals surface area contributed by atoms with E-state index in [0.717, 1.165) is 0 Å². The number of hydrogen-bond acceptors (Lipinski definition) is 4. The zero-order chi connectivity index (χ0) is 16.8. The molecule has 0 unspecified atom stereocenters. The lowest BCUT2D eigenvalue weighted by Gasteiger charge is -2.06. The SMILES string of the molecule is O=C(O)/C(=C\c1ccccc1)NC(=O)c1ccc([N+](=O)[O-])cc1. The maximum absolute atomic E-state index is 12.0. The average molecular weight is 312 g/mol. The minimum Gasteiger partial charge on any atom is -0.477 e. The minimum atomic E-state index is -1.29. The molecule has 7 nitrogen and oxygen atoms in total. The Morgan fingerprint density at radius 1 is 1.04 bits per heavy atom. The largest absolute Gasteiger partial charge is 0.477 e. The molecule has 2 N–H and O–H groups in total. The van der Waals surface area contributed by atoms with Gasteiger partial charge in [-0.05, 0) is 23.8 Å². The summed E-state index contributed by atoms with van der Waals surface area (Å²) in [6.07, 6.45) is 1.33. The third kappa shape index (κ3) is 4.24. The van der Waals surface area contributed by atoms with Crippen molar-refractivity contribution in [2.45, 2.75) is 0 Å². The Balaban J connectivity index is 2.20. The van der Waals surface area contributed by atoms with Crippen LogP contribution in [0.2, 0.25) is 0 Å². The Hall–Kier alpha value is -3.48. The number of nitro benzene ring substituents is 1. The molecule has 116 valence electrons. The quantitative estimate of drug-likeness (QED) is 0.500. The van der Waals surface area contributed by atoms with Crippen molar-refractivity contribution < 1.29 is 19.6 Å². The normalized spacial score (nSPS) is 10.9. The van der Waals surface area contributed by atoms with E-state index >= 15 is 0 Å². The minimum absolute atomic E-state index is 0.121. The van der Waals surface area contributed by atoms with E-state index in [1.54, 1.807) is 30.3 Å². The zero-order valence-corrected chi connectivity index (χ0v) is 11.8. The van der Waals surface area contributed by atoms with Crippen molar-refractivity contribution in [2.75, 3.05) is 0 Å². The monoisotopic (exact) mass is 312 g/mol. The van der Waals surface area contributed by atoms with Crippen LogP contribution in [0.1, 0.15) is 15.9 Å². The predicted octanol–water partition coefficient (Wildman–Crippen LogP) is 2.45. The summed E-state index contributed by atoms with van der Waals surface area (Å²) >= 11 is 0. The van der Waals surface area contributed by atoms with Crippen molar-refractivity contribution in [3.8, 4) is 0 Å². The number of carboxylic acids is 1. The van der Waals surface area contributed by atoms with E-state index in [9.17, 15) is 24.8 Å². The molecule has 1 amide bonds. The van der Waals surface area contributed by atoms with E-state index in [2.05, 4.69) is 5.32 Å². The molecule has 0 radical (unpaired) electrons. The summed E-state index contributed by atoms with van der Waals surface area (Å²) in [4.78, 5) is 33.3. The fraction of sp³-hybridized carbons (Fsp3) is 0. The highest BCUT2D eigenvalue weighted by Crippen LogP contribution is 2.12. The average Bonchev–Trinajstić information content (AvgIpc) is 2.55.